The van der Waals surface area contributed by atoms with E-state index in [0.717, 1.165) is 59.0 Å². The van der Waals surface area contributed by atoms with Crippen molar-refractivity contribution in [2.75, 3.05) is 31.2 Å². The number of aliphatic hydroxyl groups is 1. The number of hydrogen-bond acceptors (Lipinski definition) is 8. The first-order valence-corrected chi connectivity index (χ1v) is 11.2. The van der Waals surface area contributed by atoms with E-state index in [1.807, 2.05) is 16.8 Å². The van der Waals surface area contributed by atoms with Crippen molar-refractivity contribution < 1.29 is 9.84 Å². The van der Waals surface area contributed by atoms with Gasteiger partial charge in [-0.15, -0.1) is 22.7 Å². The van der Waals surface area contributed by atoms with E-state index >= 15 is 0 Å². The summed E-state index contributed by atoms with van der Waals surface area (Å²) in [5.41, 5.74) is 2.82. The number of ether oxygens (including phenoxy) is 1. The van der Waals surface area contributed by atoms with Crippen LogP contribution in [0.5, 0.6) is 0 Å². The molecule has 8 heteroatoms. The van der Waals surface area contributed by atoms with Crippen molar-refractivity contribution in [3.63, 3.8) is 0 Å². The molecule has 3 aromatic heterocycles. The van der Waals surface area contributed by atoms with Gasteiger partial charge in [-0.25, -0.2) is 15.0 Å². The van der Waals surface area contributed by atoms with Gasteiger partial charge in [0.15, 0.2) is 0 Å². The van der Waals surface area contributed by atoms with E-state index < -0.39 is 5.60 Å². The van der Waals surface area contributed by atoms with Crippen LogP contribution in [0.15, 0.2) is 47.5 Å². The summed E-state index contributed by atoms with van der Waals surface area (Å²) < 4.78 is 5.45. The summed E-state index contributed by atoms with van der Waals surface area (Å²) in [6.45, 7) is 5.08. The Kier molecular flexibility index (Phi) is 4.79. The molecule has 0 bridgehead atoms. The number of morpholine rings is 1. The summed E-state index contributed by atoms with van der Waals surface area (Å²) in [5, 5.41) is 16.6. The molecule has 6 nitrogen and oxygen atoms in total. The van der Waals surface area contributed by atoms with Gasteiger partial charge in [-0.3, -0.25) is 0 Å². The molecule has 0 saturated carbocycles. The SMILES string of the molecule is CC(O)(c1cc(-c2ncnc3cc(N4CCOCC4)ccc23)cs1)c1nccs1. The van der Waals surface area contributed by atoms with Gasteiger partial charge in [-0.2, -0.15) is 0 Å². The van der Waals surface area contributed by atoms with Crippen LogP contribution in [-0.2, 0) is 10.3 Å². The predicted octanol–water partition coefficient (Wildman–Crippen LogP) is 3.91. The van der Waals surface area contributed by atoms with Crippen LogP contribution < -0.4 is 4.90 Å². The molecule has 0 aliphatic carbocycles. The molecule has 5 rings (SSSR count). The summed E-state index contributed by atoms with van der Waals surface area (Å²) in [4.78, 5) is 16.5. The van der Waals surface area contributed by atoms with Gasteiger partial charge in [0.1, 0.15) is 16.9 Å². The van der Waals surface area contributed by atoms with E-state index in [0.29, 0.717) is 5.01 Å². The predicted molar refractivity (Wildman–Crippen MR) is 117 cm³/mol. The first-order chi connectivity index (χ1) is 14.1. The molecule has 1 atom stereocenters. The van der Waals surface area contributed by atoms with Crippen molar-refractivity contribution >= 4 is 39.3 Å². The molecule has 4 heterocycles. The average molecular weight is 425 g/mol. The third-order valence-corrected chi connectivity index (χ3v) is 7.32. The van der Waals surface area contributed by atoms with Crippen LogP contribution in [0, 0.1) is 0 Å². The van der Waals surface area contributed by atoms with Crippen LogP contribution in [-0.4, -0.2) is 46.4 Å². The Morgan fingerprint density at radius 1 is 1.10 bits per heavy atom. The van der Waals surface area contributed by atoms with E-state index in [2.05, 4.69) is 38.1 Å². The Balaban J connectivity index is 1.51. The zero-order valence-corrected chi connectivity index (χ0v) is 17.5. The molecule has 1 saturated heterocycles. The number of benzene rings is 1. The highest BCUT2D eigenvalue weighted by Crippen LogP contribution is 2.38. The van der Waals surface area contributed by atoms with E-state index in [-0.39, 0.29) is 0 Å². The number of thiophene rings is 1. The topological polar surface area (TPSA) is 71.4 Å². The Bertz CT molecular complexity index is 1130. The second-order valence-electron chi connectivity index (χ2n) is 7.13. The summed E-state index contributed by atoms with van der Waals surface area (Å²) in [6.07, 6.45) is 3.32. The monoisotopic (exact) mass is 424 g/mol. The van der Waals surface area contributed by atoms with Gasteiger partial charge in [0.2, 0.25) is 0 Å². The molecule has 0 amide bonds. The zero-order chi connectivity index (χ0) is 19.8. The van der Waals surface area contributed by atoms with Crippen LogP contribution in [0.25, 0.3) is 22.2 Å². The lowest BCUT2D eigenvalue weighted by molar-refractivity contribution is 0.106. The molecule has 1 aromatic carbocycles. The molecule has 4 aromatic rings. The Labute approximate surface area is 176 Å². The first kappa shape index (κ1) is 18.6. The van der Waals surface area contributed by atoms with Crippen molar-refractivity contribution in [3.05, 3.63) is 57.4 Å². The van der Waals surface area contributed by atoms with Gasteiger partial charge in [-0.05, 0) is 31.2 Å². The van der Waals surface area contributed by atoms with E-state index in [1.54, 1.807) is 19.4 Å². The maximum Gasteiger partial charge on any atom is 0.147 e. The molecule has 0 spiro atoms. The fourth-order valence-corrected chi connectivity index (χ4v) is 5.31. The second-order valence-corrected chi connectivity index (χ2v) is 8.94. The Morgan fingerprint density at radius 3 is 2.76 bits per heavy atom. The molecular weight excluding hydrogens is 404 g/mol. The Hall–Kier alpha value is -2.39. The minimum Gasteiger partial charge on any atom is -0.378 e. The van der Waals surface area contributed by atoms with Crippen LogP contribution >= 0.6 is 22.7 Å². The zero-order valence-electron chi connectivity index (χ0n) is 15.9. The molecule has 0 radical (unpaired) electrons. The van der Waals surface area contributed by atoms with Crippen molar-refractivity contribution in [2.24, 2.45) is 0 Å². The lowest BCUT2D eigenvalue weighted by Gasteiger charge is -2.29. The van der Waals surface area contributed by atoms with Crippen molar-refractivity contribution in [1.82, 2.24) is 15.0 Å². The third kappa shape index (κ3) is 3.42. The van der Waals surface area contributed by atoms with Crippen LogP contribution in [0.1, 0.15) is 16.8 Å². The first-order valence-electron chi connectivity index (χ1n) is 9.42. The molecular formula is C21H20N4O2S2. The molecule has 1 fully saturated rings. The van der Waals surface area contributed by atoms with Crippen LogP contribution in [0.2, 0.25) is 0 Å². The largest absolute Gasteiger partial charge is 0.378 e. The lowest BCUT2D eigenvalue weighted by Crippen LogP contribution is -2.36. The number of aromatic nitrogens is 3. The van der Waals surface area contributed by atoms with Crippen LogP contribution in [0.4, 0.5) is 5.69 Å². The van der Waals surface area contributed by atoms with Gasteiger partial charge in [0.05, 0.1) is 24.4 Å². The molecule has 1 aliphatic rings. The number of fused-ring (bicyclic) bond motifs is 1. The van der Waals surface area contributed by atoms with Crippen LogP contribution in [0.3, 0.4) is 0 Å². The summed E-state index contributed by atoms with van der Waals surface area (Å²) in [6, 6.07) is 8.33. The summed E-state index contributed by atoms with van der Waals surface area (Å²) in [5.74, 6) is 0. The molecule has 1 aliphatic heterocycles. The molecule has 148 valence electrons. The summed E-state index contributed by atoms with van der Waals surface area (Å²) >= 11 is 2.97. The maximum atomic E-state index is 11.0. The van der Waals surface area contributed by atoms with Gasteiger partial charge in [0, 0.05) is 51.6 Å². The van der Waals surface area contributed by atoms with Crippen molar-refractivity contribution in [2.45, 2.75) is 12.5 Å². The highest BCUT2D eigenvalue weighted by atomic mass is 32.1. The van der Waals surface area contributed by atoms with Crippen molar-refractivity contribution in [3.8, 4) is 11.3 Å². The van der Waals surface area contributed by atoms with Gasteiger partial charge in [-0.1, -0.05) is 0 Å². The number of anilines is 1. The fraction of sp³-hybridized carbons (Fsp3) is 0.286. The number of nitrogens with zero attached hydrogens (tertiary/aromatic N) is 4. The lowest BCUT2D eigenvalue weighted by atomic mass is 10.0. The highest BCUT2D eigenvalue weighted by Gasteiger charge is 2.30. The maximum absolute atomic E-state index is 11.0. The van der Waals surface area contributed by atoms with E-state index in [4.69, 9.17) is 4.74 Å². The Morgan fingerprint density at radius 2 is 1.97 bits per heavy atom. The van der Waals surface area contributed by atoms with Crippen molar-refractivity contribution in [1.29, 1.82) is 0 Å². The fourth-order valence-electron chi connectivity index (χ4n) is 3.58. The minimum absolute atomic E-state index is 0.689. The van der Waals surface area contributed by atoms with E-state index in [9.17, 15) is 5.11 Å². The minimum atomic E-state index is -1.11. The highest BCUT2D eigenvalue weighted by molar-refractivity contribution is 7.11. The van der Waals surface area contributed by atoms with Gasteiger partial charge < -0.3 is 14.7 Å². The summed E-state index contributed by atoms with van der Waals surface area (Å²) in [7, 11) is 0. The van der Waals surface area contributed by atoms with Gasteiger partial charge >= 0.3 is 0 Å². The normalized spacial score (nSPS) is 16.8. The number of rotatable bonds is 4. The molecule has 1 N–H and O–H groups in total. The quantitative estimate of drug-likeness (QED) is 0.536. The second kappa shape index (κ2) is 7.46. The third-order valence-electron chi connectivity index (χ3n) is 5.20. The van der Waals surface area contributed by atoms with E-state index in [1.165, 1.54) is 22.7 Å². The number of hydrogen-bond donors (Lipinski definition) is 1. The number of thiazole rings is 1. The van der Waals surface area contributed by atoms with Gasteiger partial charge in [0.25, 0.3) is 0 Å². The smallest absolute Gasteiger partial charge is 0.147 e. The standard InChI is InChI=1S/C21H20N4O2S2/c1-21(26,20-22-4-9-28-20)18-10-14(12-29-18)19-16-3-2-15(11-17(16)23-13-24-19)25-5-7-27-8-6-25/h2-4,9-13,26H,5-8H2,1H3. The molecule has 29 heavy (non-hydrogen) atoms. The average Bonchev–Trinajstić information content (AvgIpc) is 3.46. The molecule has 1 unspecified atom stereocenters.